The van der Waals surface area contributed by atoms with Crippen molar-refractivity contribution in [2.24, 2.45) is 5.73 Å². The predicted octanol–water partition coefficient (Wildman–Crippen LogP) is 4.56. The average molecular weight is 344 g/mol. The highest BCUT2D eigenvalue weighted by molar-refractivity contribution is 9.10. The maximum Gasteiger partial charge on any atom is 0.125 e. The maximum atomic E-state index is 6.11. The van der Waals surface area contributed by atoms with Crippen molar-refractivity contribution >= 4 is 38.9 Å². The van der Waals surface area contributed by atoms with E-state index < -0.39 is 0 Å². The Morgan fingerprint density at radius 2 is 2.28 bits per heavy atom. The zero-order chi connectivity index (χ0) is 12.7. The summed E-state index contributed by atoms with van der Waals surface area (Å²) in [4.78, 5) is 6.05. The monoisotopic (exact) mass is 342 g/mol. The number of fused-ring (bicyclic) bond motifs is 1. The highest BCUT2D eigenvalue weighted by Crippen LogP contribution is 2.39. The molecule has 3 rings (SSSR count). The minimum atomic E-state index is 0.102. The zero-order valence-corrected chi connectivity index (χ0v) is 12.8. The molecular weight excluding hydrogens is 332 g/mol. The molecule has 0 radical (unpaired) electrons. The number of hydrogen-bond donors (Lipinski definition) is 1. The van der Waals surface area contributed by atoms with Gasteiger partial charge in [0, 0.05) is 26.0 Å². The number of aryl methyl sites for hydroxylation is 1. The first-order valence-corrected chi connectivity index (χ1v) is 7.84. The molecule has 2 nitrogen and oxygen atoms in total. The normalized spacial score (nSPS) is 18.7. The lowest BCUT2D eigenvalue weighted by Gasteiger charge is -2.15. The number of nitrogens with two attached hydrogens (primary N) is 1. The van der Waals surface area contributed by atoms with E-state index in [1.165, 1.54) is 4.88 Å². The van der Waals surface area contributed by atoms with Crippen molar-refractivity contribution in [1.29, 1.82) is 0 Å². The Labute approximate surface area is 123 Å². The van der Waals surface area contributed by atoms with Crippen LogP contribution in [0.5, 0.6) is 0 Å². The molecule has 1 aliphatic carbocycles. The van der Waals surface area contributed by atoms with Gasteiger partial charge < -0.3 is 5.73 Å². The topological polar surface area (TPSA) is 38.9 Å². The molecule has 0 bridgehead atoms. The van der Waals surface area contributed by atoms with E-state index in [1.54, 1.807) is 11.3 Å². The average Bonchev–Trinajstić information content (AvgIpc) is 2.74. The Kier molecular flexibility index (Phi) is 3.45. The molecule has 0 spiro atoms. The van der Waals surface area contributed by atoms with Gasteiger partial charge in [0.2, 0.25) is 0 Å². The molecular formula is C13H12BrClN2S. The van der Waals surface area contributed by atoms with Crippen LogP contribution in [0.15, 0.2) is 22.7 Å². The van der Waals surface area contributed by atoms with Gasteiger partial charge in [-0.3, -0.25) is 0 Å². The number of halogens is 2. The second-order valence-electron chi connectivity index (χ2n) is 4.45. The van der Waals surface area contributed by atoms with Crippen LogP contribution in [0.3, 0.4) is 0 Å². The molecule has 1 unspecified atom stereocenters. The summed E-state index contributed by atoms with van der Waals surface area (Å²) in [5, 5.41) is 1.75. The van der Waals surface area contributed by atoms with Crippen LogP contribution in [0, 0.1) is 0 Å². The number of hydrogen-bond acceptors (Lipinski definition) is 3. The van der Waals surface area contributed by atoms with Gasteiger partial charge in [0.15, 0.2) is 0 Å². The molecule has 5 heteroatoms. The largest absolute Gasteiger partial charge is 0.323 e. The number of aromatic nitrogens is 1. The van der Waals surface area contributed by atoms with E-state index in [0.717, 1.165) is 45.0 Å². The summed E-state index contributed by atoms with van der Waals surface area (Å²) < 4.78 is 0.981. The summed E-state index contributed by atoms with van der Waals surface area (Å²) in [7, 11) is 0. The number of nitrogens with zero attached hydrogens (tertiary/aromatic N) is 1. The van der Waals surface area contributed by atoms with E-state index in [-0.39, 0.29) is 6.04 Å². The molecule has 2 N–H and O–H groups in total. The van der Waals surface area contributed by atoms with Gasteiger partial charge in [-0.05, 0) is 37.5 Å². The Morgan fingerprint density at radius 1 is 1.44 bits per heavy atom. The molecule has 18 heavy (non-hydrogen) atoms. The Balaban J connectivity index is 2.07. The summed E-state index contributed by atoms with van der Waals surface area (Å²) in [6.45, 7) is 0. The lowest BCUT2D eigenvalue weighted by atomic mass is 9.99. The Hall–Kier alpha value is -0.420. The minimum Gasteiger partial charge on any atom is -0.323 e. The van der Waals surface area contributed by atoms with Crippen molar-refractivity contribution in [2.75, 3.05) is 0 Å². The zero-order valence-electron chi connectivity index (χ0n) is 9.62. The fraction of sp³-hybridized carbons (Fsp3) is 0.308. The molecule has 0 aliphatic heterocycles. The molecule has 1 atom stereocenters. The minimum absolute atomic E-state index is 0.102. The second-order valence-corrected chi connectivity index (χ2v) is 6.82. The van der Waals surface area contributed by atoms with Crippen LogP contribution in [-0.2, 0) is 6.42 Å². The Bertz CT molecular complexity index is 597. The molecule has 0 fully saturated rings. The van der Waals surface area contributed by atoms with Gasteiger partial charge in [-0.1, -0.05) is 27.5 Å². The van der Waals surface area contributed by atoms with Crippen molar-refractivity contribution in [2.45, 2.75) is 25.3 Å². The smallest absolute Gasteiger partial charge is 0.125 e. The number of benzene rings is 1. The fourth-order valence-corrected chi connectivity index (χ4v) is 4.44. The van der Waals surface area contributed by atoms with Crippen LogP contribution in [0.25, 0.3) is 10.6 Å². The lowest BCUT2D eigenvalue weighted by molar-refractivity contribution is 0.564. The van der Waals surface area contributed by atoms with Crippen LogP contribution < -0.4 is 5.73 Å². The van der Waals surface area contributed by atoms with E-state index in [4.69, 9.17) is 22.3 Å². The van der Waals surface area contributed by atoms with Crippen molar-refractivity contribution in [1.82, 2.24) is 4.98 Å². The van der Waals surface area contributed by atoms with Crippen molar-refractivity contribution in [3.63, 3.8) is 0 Å². The lowest BCUT2D eigenvalue weighted by Crippen LogP contribution is -2.16. The molecule has 94 valence electrons. The third-order valence-electron chi connectivity index (χ3n) is 3.16. The van der Waals surface area contributed by atoms with Crippen LogP contribution in [0.1, 0.15) is 29.5 Å². The summed E-state index contributed by atoms with van der Waals surface area (Å²) in [6.07, 6.45) is 3.31. The summed E-state index contributed by atoms with van der Waals surface area (Å²) in [6, 6.07) is 5.89. The van der Waals surface area contributed by atoms with E-state index in [0.29, 0.717) is 0 Å². The first-order valence-electron chi connectivity index (χ1n) is 5.86. The summed E-state index contributed by atoms with van der Waals surface area (Å²) in [5.74, 6) is 0. The highest BCUT2D eigenvalue weighted by atomic mass is 79.9. The van der Waals surface area contributed by atoms with E-state index in [1.807, 2.05) is 18.2 Å². The van der Waals surface area contributed by atoms with Gasteiger partial charge in [-0.25, -0.2) is 4.98 Å². The molecule has 1 aromatic heterocycles. The van der Waals surface area contributed by atoms with Gasteiger partial charge >= 0.3 is 0 Å². The predicted molar refractivity (Wildman–Crippen MR) is 80.1 cm³/mol. The van der Waals surface area contributed by atoms with Crippen molar-refractivity contribution < 1.29 is 0 Å². The molecule has 1 heterocycles. The molecule has 2 aromatic rings. The van der Waals surface area contributed by atoms with Gasteiger partial charge in [-0.15, -0.1) is 11.3 Å². The van der Waals surface area contributed by atoms with Gasteiger partial charge in [0.25, 0.3) is 0 Å². The fourth-order valence-electron chi connectivity index (χ4n) is 2.23. The standard InChI is InChI=1S/C13H12BrClN2S/c14-9-6-7(15)4-5-8(9)13-17-12-10(16)2-1-3-11(12)18-13/h4-6,10H,1-3,16H2. The summed E-state index contributed by atoms with van der Waals surface area (Å²) >= 11 is 11.3. The maximum absolute atomic E-state index is 6.11. The first kappa shape index (κ1) is 12.6. The van der Waals surface area contributed by atoms with E-state index >= 15 is 0 Å². The second kappa shape index (κ2) is 4.93. The summed E-state index contributed by atoms with van der Waals surface area (Å²) in [5.41, 5.74) is 8.29. The molecule has 0 amide bonds. The van der Waals surface area contributed by atoms with Crippen molar-refractivity contribution in [3.05, 3.63) is 38.3 Å². The van der Waals surface area contributed by atoms with E-state index in [2.05, 4.69) is 15.9 Å². The first-order chi connectivity index (χ1) is 8.65. The van der Waals surface area contributed by atoms with Crippen LogP contribution >= 0.6 is 38.9 Å². The Morgan fingerprint density at radius 3 is 3.00 bits per heavy atom. The van der Waals surface area contributed by atoms with E-state index in [9.17, 15) is 0 Å². The third-order valence-corrected chi connectivity index (χ3v) is 5.21. The SMILES string of the molecule is NC1CCCc2sc(-c3ccc(Cl)cc3Br)nc21. The molecule has 0 saturated heterocycles. The molecule has 1 aromatic carbocycles. The molecule has 1 aliphatic rings. The van der Waals surface area contributed by atoms with Gasteiger partial charge in [0.1, 0.15) is 5.01 Å². The quantitative estimate of drug-likeness (QED) is 0.824. The van der Waals surface area contributed by atoms with Crippen molar-refractivity contribution in [3.8, 4) is 10.6 Å². The van der Waals surface area contributed by atoms with Crippen LogP contribution in [-0.4, -0.2) is 4.98 Å². The van der Waals surface area contributed by atoms with Gasteiger partial charge in [-0.2, -0.15) is 0 Å². The molecule has 0 saturated carbocycles. The third kappa shape index (κ3) is 2.23. The van der Waals surface area contributed by atoms with Gasteiger partial charge in [0.05, 0.1) is 5.69 Å². The number of thiazole rings is 1. The van der Waals surface area contributed by atoms with Crippen LogP contribution in [0.2, 0.25) is 5.02 Å². The van der Waals surface area contributed by atoms with Crippen LogP contribution in [0.4, 0.5) is 0 Å². The highest BCUT2D eigenvalue weighted by Gasteiger charge is 2.22. The number of rotatable bonds is 1.